The van der Waals surface area contributed by atoms with Crippen LogP contribution in [0.25, 0.3) is 0 Å². The average Bonchev–Trinajstić information content (AvgIpc) is 3.09. The number of nitrogens with one attached hydrogen (secondary N) is 1. The lowest BCUT2D eigenvalue weighted by atomic mass is 9.84. The molecule has 0 spiro atoms. The minimum absolute atomic E-state index is 0.0823. The van der Waals surface area contributed by atoms with Crippen LogP contribution in [-0.2, 0) is 16.8 Å². The first-order valence-electron chi connectivity index (χ1n) is 7.77. The number of aliphatic carboxylic acids is 1. The summed E-state index contributed by atoms with van der Waals surface area (Å²) >= 11 is 1.69. The first kappa shape index (κ1) is 15.0. The molecule has 4 unspecified atom stereocenters. The molecular formula is C16H24N2O2S. The molecule has 2 N–H and O–H groups in total. The molecular weight excluding hydrogens is 284 g/mol. The van der Waals surface area contributed by atoms with Gasteiger partial charge in [0.1, 0.15) is 0 Å². The fraction of sp³-hybridized carbons (Fsp3) is 0.750. The van der Waals surface area contributed by atoms with Crippen molar-refractivity contribution in [3.63, 3.8) is 0 Å². The molecule has 1 aromatic heterocycles. The Morgan fingerprint density at radius 3 is 2.76 bits per heavy atom. The summed E-state index contributed by atoms with van der Waals surface area (Å²) in [6, 6.07) is 0.126. The monoisotopic (exact) mass is 308 g/mol. The molecule has 0 saturated heterocycles. The van der Waals surface area contributed by atoms with Crippen molar-refractivity contribution in [2.45, 2.75) is 58.0 Å². The number of nitrogens with zero attached hydrogens (tertiary/aromatic N) is 1. The van der Waals surface area contributed by atoms with Gasteiger partial charge in [-0.2, -0.15) is 0 Å². The lowest BCUT2D eigenvalue weighted by molar-refractivity contribution is -0.144. The van der Waals surface area contributed by atoms with E-state index in [4.69, 9.17) is 0 Å². The van der Waals surface area contributed by atoms with Gasteiger partial charge in [0, 0.05) is 23.4 Å². The summed E-state index contributed by atoms with van der Waals surface area (Å²) in [5, 5.41) is 16.2. The van der Waals surface area contributed by atoms with E-state index in [-0.39, 0.29) is 17.4 Å². The number of rotatable bonds is 4. The topological polar surface area (TPSA) is 62.2 Å². The molecule has 4 atom stereocenters. The van der Waals surface area contributed by atoms with Gasteiger partial charge >= 0.3 is 5.97 Å². The van der Waals surface area contributed by atoms with Gasteiger partial charge in [-0.3, -0.25) is 4.79 Å². The third-order valence-corrected chi connectivity index (χ3v) is 6.23. The SMILES string of the molecule is CC(C)(C)c1nc(CNC2C3CCC(C3)C2C(=O)O)cs1. The van der Waals surface area contributed by atoms with Gasteiger partial charge in [0.05, 0.1) is 16.6 Å². The van der Waals surface area contributed by atoms with Crippen LogP contribution < -0.4 is 5.32 Å². The lowest BCUT2D eigenvalue weighted by Gasteiger charge is -2.28. The van der Waals surface area contributed by atoms with Gasteiger partial charge in [0.25, 0.3) is 0 Å². The summed E-state index contributed by atoms with van der Waals surface area (Å²) < 4.78 is 0. The van der Waals surface area contributed by atoms with Crippen LogP contribution in [0.5, 0.6) is 0 Å². The highest BCUT2D eigenvalue weighted by Crippen LogP contribution is 2.48. The number of hydrogen-bond donors (Lipinski definition) is 2. The van der Waals surface area contributed by atoms with Crippen LogP contribution in [-0.4, -0.2) is 22.1 Å². The predicted molar refractivity (Wildman–Crippen MR) is 83.4 cm³/mol. The number of fused-ring (bicyclic) bond motifs is 2. The highest BCUT2D eigenvalue weighted by atomic mass is 32.1. The largest absolute Gasteiger partial charge is 0.481 e. The Morgan fingerprint density at radius 2 is 2.14 bits per heavy atom. The van der Waals surface area contributed by atoms with E-state index in [1.807, 2.05) is 0 Å². The van der Waals surface area contributed by atoms with Gasteiger partial charge < -0.3 is 10.4 Å². The van der Waals surface area contributed by atoms with E-state index in [0.29, 0.717) is 18.4 Å². The van der Waals surface area contributed by atoms with Crippen LogP contribution in [0.4, 0.5) is 0 Å². The Balaban J connectivity index is 1.65. The Bertz CT molecular complexity index is 535. The molecule has 2 aliphatic carbocycles. The standard InChI is InChI=1S/C16H24N2O2S/c1-16(2,3)15-18-11(8-21-15)7-17-13-10-5-4-9(6-10)12(13)14(19)20/h8-10,12-13,17H,4-7H2,1-3H3,(H,19,20). The second-order valence-corrected chi connectivity index (χ2v) is 8.36. The third kappa shape index (κ3) is 2.86. The van der Waals surface area contributed by atoms with Gasteiger partial charge in [-0.25, -0.2) is 4.98 Å². The van der Waals surface area contributed by atoms with Crippen molar-refractivity contribution in [1.29, 1.82) is 0 Å². The van der Waals surface area contributed by atoms with Crippen molar-refractivity contribution in [3.05, 3.63) is 16.1 Å². The van der Waals surface area contributed by atoms with E-state index in [1.54, 1.807) is 11.3 Å². The number of carboxylic acids is 1. The molecule has 2 bridgehead atoms. The quantitative estimate of drug-likeness (QED) is 0.897. The maximum Gasteiger partial charge on any atom is 0.308 e. The maximum absolute atomic E-state index is 11.5. The molecule has 1 aromatic rings. The molecule has 0 radical (unpaired) electrons. The van der Waals surface area contributed by atoms with Gasteiger partial charge in [-0.15, -0.1) is 11.3 Å². The van der Waals surface area contributed by atoms with Crippen molar-refractivity contribution in [1.82, 2.24) is 10.3 Å². The fourth-order valence-electron chi connectivity index (χ4n) is 3.90. The number of thiazole rings is 1. The summed E-state index contributed by atoms with van der Waals surface area (Å²) in [4.78, 5) is 16.2. The number of carbonyl (C=O) groups is 1. The van der Waals surface area contributed by atoms with Crippen LogP contribution in [0.1, 0.15) is 50.7 Å². The van der Waals surface area contributed by atoms with Crippen molar-refractivity contribution in [2.75, 3.05) is 0 Å². The fourth-order valence-corrected chi connectivity index (χ4v) is 4.80. The Hall–Kier alpha value is -0.940. The molecule has 2 saturated carbocycles. The van der Waals surface area contributed by atoms with Crippen molar-refractivity contribution >= 4 is 17.3 Å². The molecule has 21 heavy (non-hydrogen) atoms. The predicted octanol–water partition coefficient (Wildman–Crippen LogP) is 3.03. The van der Waals surface area contributed by atoms with Crippen LogP contribution in [0, 0.1) is 17.8 Å². The smallest absolute Gasteiger partial charge is 0.308 e. The third-order valence-electron chi connectivity index (χ3n) is 4.91. The summed E-state index contributed by atoms with van der Waals surface area (Å²) in [6.07, 6.45) is 3.35. The first-order valence-corrected chi connectivity index (χ1v) is 8.65. The number of aromatic nitrogens is 1. The van der Waals surface area contributed by atoms with Crippen LogP contribution in [0.2, 0.25) is 0 Å². The van der Waals surface area contributed by atoms with E-state index in [0.717, 1.165) is 23.5 Å². The van der Waals surface area contributed by atoms with Crippen LogP contribution in [0.15, 0.2) is 5.38 Å². The zero-order valence-electron chi connectivity index (χ0n) is 12.9. The second-order valence-electron chi connectivity index (χ2n) is 7.50. The molecule has 116 valence electrons. The van der Waals surface area contributed by atoms with E-state index in [9.17, 15) is 9.90 Å². The molecule has 5 heteroatoms. The van der Waals surface area contributed by atoms with E-state index >= 15 is 0 Å². The lowest BCUT2D eigenvalue weighted by Crippen LogP contribution is -2.43. The van der Waals surface area contributed by atoms with E-state index in [1.165, 1.54) is 6.42 Å². The van der Waals surface area contributed by atoms with E-state index in [2.05, 4.69) is 36.5 Å². The number of carboxylic acid groups (broad SMARTS) is 1. The summed E-state index contributed by atoms with van der Waals surface area (Å²) in [7, 11) is 0. The zero-order valence-corrected chi connectivity index (χ0v) is 13.7. The Kier molecular flexibility index (Phi) is 3.82. The minimum atomic E-state index is -0.631. The molecule has 0 amide bonds. The average molecular weight is 308 g/mol. The molecule has 0 aromatic carbocycles. The number of hydrogen-bond acceptors (Lipinski definition) is 4. The summed E-state index contributed by atoms with van der Waals surface area (Å²) in [5.41, 5.74) is 1.12. The second kappa shape index (κ2) is 5.36. The molecule has 2 aliphatic rings. The highest BCUT2D eigenvalue weighted by Gasteiger charge is 2.50. The molecule has 4 nitrogen and oxygen atoms in total. The molecule has 2 fully saturated rings. The van der Waals surface area contributed by atoms with Crippen LogP contribution in [0.3, 0.4) is 0 Å². The summed E-state index contributed by atoms with van der Waals surface area (Å²) in [6.45, 7) is 7.18. The normalized spacial score (nSPS) is 31.8. The van der Waals surface area contributed by atoms with Gasteiger partial charge in [0.15, 0.2) is 0 Å². The Labute approximate surface area is 130 Å². The van der Waals surface area contributed by atoms with Crippen molar-refractivity contribution < 1.29 is 9.90 Å². The van der Waals surface area contributed by atoms with Crippen molar-refractivity contribution in [3.8, 4) is 0 Å². The molecule has 1 heterocycles. The Morgan fingerprint density at radius 1 is 1.43 bits per heavy atom. The van der Waals surface area contributed by atoms with Gasteiger partial charge in [-0.1, -0.05) is 20.8 Å². The first-order chi connectivity index (χ1) is 9.86. The van der Waals surface area contributed by atoms with Gasteiger partial charge in [0.2, 0.25) is 0 Å². The molecule has 3 rings (SSSR count). The minimum Gasteiger partial charge on any atom is -0.481 e. The zero-order chi connectivity index (χ0) is 15.2. The highest BCUT2D eigenvalue weighted by molar-refractivity contribution is 7.09. The summed E-state index contributed by atoms with van der Waals surface area (Å²) in [5.74, 6) is 0.0835. The van der Waals surface area contributed by atoms with Crippen LogP contribution >= 0.6 is 11.3 Å². The van der Waals surface area contributed by atoms with E-state index < -0.39 is 5.97 Å². The molecule has 0 aliphatic heterocycles. The van der Waals surface area contributed by atoms with Gasteiger partial charge in [-0.05, 0) is 31.1 Å². The maximum atomic E-state index is 11.5. The van der Waals surface area contributed by atoms with Crippen molar-refractivity contribution in [2.24, 2.45) is 17.8 Å².